The minimum Gasteiger partial charge on any atom is -0.397 e. The van der Waals surface area contributed by atoms with E-state index in [4.69, 9.17) is 5.73 Å². The summed E-state index contributed by atoms with van der Waals surface area (Å²) < 4.78 is 0. The van der Waals surface area contributed by atoms with Gasteiger partial charge >= 0.3 is 0 Å². The van der Waals surface area contributed by atoms with Crippen LogP contribution < -0.4 is 10.6 Å². The SMILES string of the molecule is CCN(CC)C1CCN(c2cncc(N)c2)C1. The van der Waals surface area contributed by atoms with Crippen LogP contribution in [0.15, 0.2) is 18.5 Å². The fourth-order valence-corrected chi connectivity index (χ4v) is 2.63. The average Bonchev–Trinajstić information content (AvgIpc) is 2.80. The zero-order valence-electron chi connectivity index (χ0n) is 10.8. The quantitative estimate of drug-likeness (QED) is 0.859. The first-order valence-electron chi connectivity index (χ1n) is 6.44. The molecule has 0 amide bonds. The van der Waals surface area contributed by atoms with Gasteiger partial charge in [0.05, 0.1) is 17.6 Å². The van der Waals surface area contributed by atoms with E-state index in [9.17, 15) is 0 Å². The van der Waals surface area contributed by atoms with Crippen LogP contribution in [-0.4, -0.2) is 42.1 Å². The normalized spacial score (nSPS) is 20.2. The van der Waals surface area contributed by atoms with Gasteiger partial charge in [0.15, 0.2) is 0 Å². The second-order valence-electron chi connectivity index (χ2n) is 4.59. The van der Waals surface area contributed by atoms with Crippen molar-refractivity contribution in [3.63, 3.8) is 0 Å². The predicted molar refractivity (Wildman–Crippen MR) is 72.2 cm³/mol. The van der Waals surface area contributed by atoms with Crippen molar-refractivity contribution in [2.45, 2.75) is 26.3 Å². The first-order chi connectivity index (χ1) is 8.24. The molecule has 2 rings (SSSR count). The summed E-state index contributed by atoms with van der Waals surface area (Å²) in [5, 5.41) is 0. The molecule has 4 heteroatoms. The number of pyridine rings is 1. The smallest absolute Gasteiger partial charge is 0.0573 e. The number of aromatic nitrogens is 1. The number of rotatable bonds is 4. The molecule has 17 heavy (non-hydrogen) atoms. The van der Waals surface area contributed by atoms with E-state index in [1.54, 1.807) is 6.20 Å². The monoisotopic (exact) mass is 234 g/mol. The van der Waals surface area contributed by atoms with Gasteiger partial charge in [-0.3, -0.25) is 9.88 Å². The number of nitrogens with two attached hydrogens (primary N) is 1. The fraction of sp³-hybridized carbons (Fsp3) is 0.615. The third-order valence-corrected chi connectivity index (χ3v) is 3.60. The summed E-state index contributed by atoms with van der Waals surface area (Å²) in [4.78, 5) is 9.07. The van der Waals surface area contributed by atoms with Gasteiger partial charge in [-0.2, -0.15) is 0 Å². The Labute approximate surface area is 103 Å². The van der Waals surface area contributed by atoms with Crippen molar-refractivity contribution in [2.24, 2.45) is 0 Å². The molecule has 0 saturated carbocycles. The number of hydrogen-bond donors (Lipinski definition) is 1. The largest absolute Gasteiger partial charge is 0.397 e. The maximum atomic E-state index is 5.77. The molecule has 0 aliphatic carbocycles. The standard InChI is InChI=1S/C13H22N4/c1-3-16(4-2)12-5-6-17(10-12)13-7-11(14)8-15-9-13/h7-9,12H,3-6,10,14H2,1-2H3. The second kappa shape index (κ2) is 5.36. The maximum Gasteiger partial charge on any atom is 0.0573 e. The van der Waals surface area contributed by atoms with Crippen LogP contribution in [0.2, 0.25) is 0 Å². The van der Waals surface area contributed by atoms with Crippen molar-refractivity contribution < 1.29 is 0 Å². The van der Waals surface area contributed by atoms with Gasteiger partial charge in [0.2, 0.25) is 0 Å². The van der Waals surface area contributed by atoms with Gasteiger partial charge in [-0.25, -0.2) is 0 Å². The molecule has 0 spiro atoms. The Kier molecular flexibility index (Phi) is 3.84. The number of hydrogen-bond acceptors (Lipinski definition) is 4. The minimum atomic E-state index is 0.673. The Morgan fingerprint density at radius 1 is 1.41 bits per heavy atom. The van der Waals surface area contributed by atoms with Gasteiger partial charge in [-0.15, -0.1) is 0 Å². The van der Waals surface area contributed by atoms with Crippen LogP contribution >= 0.6 is 0 Å². The Bertz CT molecular complexity index is 362. The molecule has 1 aromatic heterocycles. The third kappa shape index (κ3) is 2.69. The number of likely N-dealkylation sites (N-methyl/N-ethyl adjacent to an activating group) is 1. The van der Waals surface area contributed by atoms with Crippen molar-refractivity contribution >= 4 is 11.4 Å². The van der Waals surface area contributed by atoms with Gasteiger partial charge in [-0.1, -0.05) is 13.8 Å². The van der Waals surface area contributed by atoms with Crippen molar-refractivity contribution in [1.29, 1.82) is 0 Å². The molecule has 1 unspecified atom stereocenters. The molecule has 1 atom stereocenters. The molecule has 2 heterocycles. The third-order valence-electron chi connectivity index (χ3n) is 3.60. The highest BCUT2D eigenvalue weighted by Gasteiger charge is 2.26. The molecule has 4 nitrogen and oxygen atoms in total. The predicted octanol–water partition coefficient (Wildman–Crippen LogP) is 1.58. The lowest BCUT2D eigenvalue weighted by molar-refractivity contribution is 0.232. The molecular formula is C13H22N4. The van der Waals surface area contributed by atoms with Gasteiger partial charge in [0.1, 0.15) is 0 Å². The van der Waals surface area contributed by atoms with Crippen LogP contribution in [0.4, 0.5) is 11.4 Å². The Morgan fingerprint density at radius 2 is 2.18 bits per heavy atom. The van der Waals surface area contributed by atoms with E-state index in [1.807, 2.05) is 12.3 Å². The van der Waals surface area contributed by atoms with Gasteiger partial charge in [-0.05, 0) is 25.6 Å². The molecule has 0 radical (unpaired) electrons. The summed E-state index contributed by atoms with van der Waals surface area (Å²) in [6.45, 7) is 8.91. The zero-order chi connectivity index (χ0) is 12.3. The summed E-state index contributed by atoms with van der Waals surface area (Å²) in [6, 6.07) is 2.68. The molecule has 1 fully saturated rings. The Hall–Kier alpha value is -1.29. The second-order valence-corrected chi connectivity index (χ2v) is 4.59. The lowest BCUT2D eigenvalue weighted by Gasteiger charge is -2.26. The molecule has 0 aromatic carbocycles. The Morgan fingerprint density at radius 3 is 2.82 bits per heavy atom. The minimum absolute atomic E-state index is 0.673. The van der Waals surface area contributed by atoms with E-state index in [0.29, 0.717) is 6.04 Å². The van der Waals surface area contributed by atoms with Crippen LogP contribution in [0, 0.1) is 0 Å². The van der Waals surface area contributed by atoms with Crippen LogP contribution in [0.5, 0.6) is 0 Å². The summed E-state index contributed by atoms with van der Waals surface area (Å²) in [7, 11) is 0. The Balaban J connectivity index is 2.02. The van der Waals surface area contributed by atoms with Crippen LogP contribution in [0.25, 0.3) is 0 Å². The highest BCUT2D eigenvalue weighted by molar-refractivity contribution is 5.54. The summed E-state index contributed by atoms with van der Waals surface area (Å²) in [5.74, 6) is 0. The summed E-state index contributed by atoms with van der Waals surface area (Å²) in [6.07, 6.45) is 4.83. The summed E-state index contributed by atoms with van der Waals surface area (Å²) >= 11 is 0. The first-order valence-corrected chi connectivity index (χ1v) is 6.44. The van der Waals surface area contributed by atoms with Gasteiger partial charge in [0.25, 0.3) is 0 Å². The molecule has 94 valence electrons. The van der Waals surface area contributed by atoms with E-state index < -0.39 is 0 Å². The summed E-state index contributed by atoms with van der Waals surface area (Å²) in [5.41, 5.74) is 7.67. The molecule has 1 aliphatic rings. The lowest BCUT2D eigenvalue weighted by atomic mass is 10.2. The highest BCUT2D eigenvalue weighted by Crippen LogP contribution is 2.23. The first kappa shape index (κ1) is 12.2. The number of nitrogen functional groups attached to an aromatic ring is 1. The van der Waals surface area contributed by atoms with E-state index in [1.165, 1.54) is 6.42 Å². The van der Waals surface area contributed by atoms with E-state index >= 15 is 0 Å². The zero-order valence-corrected chi connectivity index (χ0v) is 10.8. The average molecular weight is 234 g/mol. The van der Waals surface area contributed by atoms with E-state index in [-0.39, 0.29) is 0 Å². The molecule has 1 aromatic rings. The molecule has 1 aliphatic heterocycles. The van der Waals surface area contributed by atoms with Crippen molar-refractivity contribution in [2.75, 3.05) is 36.8 Å². The number of nitrogens with zero attached hydrogens (tertiary/aromatic N) is 3. The molecule has 0 bridgehead atoms. The van der Waals surface area contributed by atoms with Crippen LogP contribution in [-0.2, 0) is 0 Å². The van der Waals surface area contributed by atoms with E-state index in [2.05, 4.69) is 28.6 Å². The van der Waals surface area contributed by atoms with Gasteiger partial charge < -0.3 is 10.6 Å². The van der Waals surface area contributed by atoms with Crippen LogP contribution in [0.3, 0.4) is 0 Å². The fourth-order valence-electron chi connectivity index (χ4n) is 2.63. The molecule has 1 saturated heterocycles. The van der Waals surface area contributed by atoms with Crippen molar-refractivity contribution in [3.8, 4) is 0 Å². The topological polar surface area (TPSA) is 45.4 Å². The highest BCUT2D eigenvalue weighted by atomic mass is 15.3. The van der Waals surface area contributed by atoms with Crippen molar-refractivity contribution in [1.82, 2.24) is 9.88 Å². The van der Waals surface area contributed by atoms with E-state index in [0.717, 1.165) is 37.6 Å². The van der Waals surface area contributed by atoms with Crippen molar-refractivity contribution in [3.05, 3.63) is 18.5 Å². The lowest BCUT2D eigenvalue weighted by Crippen LogP contribution is -2.37. The number of anilines is 2. The molecular weight excluding hydrogens is 212 g/mol. The molecule has 2 N–H and O–H groups in total. The van der Waals surface area contributed by atoms with Gasteiger partial charge in [0, 0.05) is 25.3 Å². The maximum absolute atomic E-state index is 5.77. The van der Waals surface area contributed by atoms with Crippen LogP contribution in [0.1, 0.15) is 20.3 Å².